The third kappa shape index (κ3) is 7.99. The molecule has 0 bridgehead atoms. The first kappa shape index (κ1) is 19.2. The second-order valence-corrected chi connectivity index (χ2v) is 7.35. The number of nitrogens with one attached hydrogen (secondary N) is 1. The van der Waals surface area contributed by atoms with Crippen LogP contribution in [0.1, 0.15) is 53.4 Å². The lowest BCUT2D eigenvalue weighted by atomic mass is 10.1. The second-order valence-electron chi connectivity index (χ2n) is 7.35. The molecule has 0 saturated carbocycles. The zero-order valence-electron chi connectivity index (χ0n) is 15.2. The highest BCUT2D eigenvalue weighted by Crippen LogP contribution is 2.11. The lowest BCUT2D eigenvalue weighted by Crippen LogP contribution is -2.42. The summed E-state index contributed by atoms with van der Waals surface area (Å²) in [5.74, 6) is 0. The van der Waals surface area contributed by atoms with Crippen molar-refractivity contribution in [1.82, 2.24) is 15.1 Å². The van der Waals surface area contributed by atoms with Gasteiger partial charge >= 0.3 is 6.09 Å². The molecule has 0 aromatic rings. The van der Waals surface area contributed by atoms with Gasteiger partial charge in [-0.25, -0.2) is 4.79 Å². The van der Waals surface area contributed by atoms with Crippen LogP contribution in [-0.2, 0) is 4.74 Å². The molecule has 1 rings (SSSR count). The molecule has 22 heavy (non-hydrogen) atoms. The maximum atomic E-state index is 12.2. The number of ether oxygens (including phenoxy) is 1. The summed E-state index contributed by atoms with van der Waals surface area (Å²) in [4.78, 5) is 16.4. The zero-order chi connectivity index (χ0) is 16.6. The number of hydrogen-bond donors (Lipinski definition) is 1. The van der Waals surface area contributed by atoms with Crippen molar-refractivity contribution in [3.05, 3.63) is 0 Å². The maximum absolute atomic E-state index is 12.2. The molecule has 5 heteroatoms. The van der Waals surface area contributed by atoms with Crippen LogP contribution in [0.15, 0.2) is 0 Å². The lowest BCUT2D eigenvalue weighted by molar-refractivity contribution is 0.0250. The summed E-state index contributed by atoms with van der Waals surface area (Å²) in [6.45, 7) is 12.5. The molecule has 1 amide bonds. The molecular weight excluding hydrogens is 278 g/mol. The van der Waals surface area contributed by atoms with Crippen LogP contribution >= 0.6 is 0 Å². The van der Waals surface area contributed by atoms with Crippen molar-refractivity contribution < 1.29 is 9.53 Å². The Morgan fingerprint density at radius 2 is 2.00 bits per heavy atom. The van der Waals surface area contributed by atoms with Gasteiger partial charge in [-0.3, -0.25) is 0 Å². The Kier molecular flexibility index (Phi) is 8.18. The van der Waals surface area contributed by atoms with Gasteiger partial charge in [0.25, 0.3) is 0 Å². The molecule has 1 N–H and O–H groups in total. The van der Waals surface area contributed by atoms with Gasteiger partial charge in [-0.2, -0.15) is 0 Å². The number of amides is 1. The highest BCUT2D eigenvalue weighted by molar-refractivity contribution is 5.68. The topological polar surface area (TPSA) is 44.8 Å². The summed E-state index contributed by atoms with van der Waals surface area (Å²) >= 11 is 0. The van der Waals surface area contributed by atoms with Crippen molar-refractivity contribution in [2.45, 2.75) is 65.0 Å². The molecule has 1 fully saturated rings. The van der Waals surface area contributed by atoms with Gasteiger partial charge in [0.1, 0.15) is 5.60 Å². The van der Waals surface area contributed by atoms with Crippen molar-refractivity contribution in [3.63, 3.8) is 0 Å². The van der Waals surface area contributed by atoms with Crippen LogP contribution in [0.4, 0.5) is 4.79 Å². The molecular formula is C17H35N3O2. The lowest BCUT2D eigenvalue weighted by Gasteiger charge is -2.28. The Morgan fingerprint density at radius 3 is 2.64 bits per heavy atom. The smallest absolute Gasteiger partial charge is 0.410 e. The third-order valence-electron chi connectivity index (χ3n) is 3.91. The highest BCUT2D eigenvalue weighted by Gasteiger charge is 2.21. The predicted octanol–water partition coefficient (Wildman–Crippen LogP) is 2.71. The number of carbonyl (C=O) groups excluding carboxylic acids is 1. The maximum Gasteiger partial charge on any atom is 0.410 e. The summed E-state index contributed by atoms with van der Waals surface area (Å²) in [6, 6.07) is 0.576. The Morgan fingerprint density at radius 1 is 1.27 bits per heavy atom. The van der Waals surface area contributed by atoms with Gasteiger partial charge in [0.2, 0.25) is 0 Å². The molecule has 130 valence electrons. The monoisotopic (exact) mass is 313 g/mol. The first-order valence-corrected chi connectivity index (χ1v) is 8.71. The van der Waals surface area contributed by atoms with Crippen LogP contribution in [0.2, 0.25) is 0 Å². The molecule has 0 aliphatic carbocycles. The molecule has 0 spiro atoms. The van der Waals surface area contributed by atoms with Crippen LogP contribution in [0.25, 0.3) is 0 Å². The van der Waals surface area contributed by atoms with E-state index >= 15 is 0 Å². The van der Waals surface area contributed by atoms with E-state index in [9.17, 15) is 4.79 Å². The highest BCUT2D eigenvalue weighted by atomic mass is 16.6. The summed E-state index contributed by atoms with van der Waals surface area (Å²) < 4.78 is 5.48. The van der Waals surface area contributed by atoms with Crippen LogP contribution in [0.3, 0.4) is 0 Å². The van der Waals surface area contributed by atoms with E-state index in [1.165, 1.54) is 25.8 Å². The Bertz CT molecular complexity index is 328. The van der Waals surface area contributed by atoms with Gasteiger partial charge < -0.3 is 19.9 Å². The molecule has 1 heterocycles. The molecule has 0 aromatic heterocycles. The fourth-order valence-corrected chi connectivity index (χ4v) is 2.74. The molecule has 5 nitrogen and oxygen atoms in total. The van der Waals surface area contributed by atoms with Crippen molar-refractivity contribution >= 4 is 6.09 Å². The number of hydrogen-bond acceptors (Lipinski definition) is 4. The molecule has 0 aromatic carbocycles. The first-order valence-electron chi connectivity index (χ1n) is 8.71. The number of nitrogens with zero attached hydrogens (tertiary/aromatic N) is 2. The average molecular weight is 313 g/mol. The van der Waals surface area contributed by atoms with E-state index in [2.05, 4.69) is 24.2 Å². The van der Waals surface area contributed by atoms with Gasteiger partial charge in [0.05, 0.1) is 0 Å². The minimum absolute atomic E-state index is 0.197. The van der Waals surface area contributed by atoms with E-state index in [1.807, 2.05) is 25.7 Å². The van der Waals surface area contributed by atoms with E-state index in [-0.39, 0.29) is 6.09 Å². The standard InChI is InChI=1S/C17H35N3O2/c1-6-11-20(16(21)22-17(2,3)4)14-10-18-15-8-7-12-19(5)13-9-15/h15,18H,6-14H2,1-5H3. The van der Waals surface area contributed by atoms with Crippen molar-refractivity contribution in [2.24, 2.45) is 0 Å². The van der Waals surface area contributed by atoms with Crippen molar-refractivity contribution in [2.75, 3.05) is 39.8 Å². The van der Waals surface area contributed by atoms with E-state index in [4.69, 9.17) is 4.74 Å². The minimum Gasteiger partial charge on any atom is -0.444 e. The van der Waals surface area contributed by atoms with Crippen LogP contribution in [0.5, 0.6) is 0 Å². The van der Waals surface area contributed by atoms with Gasteiger partial charge in [0.15, 0.2) is 0 Å². The summed E-state index contributed by atoms with van der Waals surface area (Å²) in [5, 5.41) is 3.61. The van der Waals surface area contributed by atoms with Crippen LogP contribution in [-0.4, -0.2) is 67.3 Å². The van der Waals surface area contributed by atoms with E-state index in [0.717, 1.165) is 32.6 Å². The minimum atomic E-state index is -0.428. The summed E-state index contributed by atoms with van der Waals surface area (Å²) in [5.41, 5.74) is -0.428. The molecule has 1 unspecified atom stereocenters. The summed E-state index contributed by atoms with van der Waals surface area (Å²) in [6.07, 6.45) is 4.42. The molecule has 0 radical (unpaired) electrons. The second kappa shape index (κ2) is 9.36. The third-order valence-corrected chi connectivity index (χ3v) is 3.91. The molecule has 1 aliphatic heterocycles. The number of likely N-dealkylation sites (tertiary alicyclic amines) is 1. The number of rotatable bonds is 6. The average Bonchev–Trinajstić information content (AvgIpc) is 2.61. The SMILES string of the molecule is CCCN(CCNC1CCCN(C)CC1)C(=O)OC(C)(C)C. The van der Waals surface area contributed by atoms with Crippen LogP contribution in [0, 0.1) is 0 Å². The Labute approximate surface area is 136 Å². The van der Waals surface area contributed by atoms with E-state index in [1.54, 1.807) is 0 Å². The van der Waals surface area contributed by atoms with Gasteiger partial charge in [-0.1, -0.05) is 6.92 Å². The number of carbonyl (C=O) groups is 1. The van der Waals surface area contributed by atoms with Gasteiger partial charge in [-0.05, 0) is 66.6 Å². The van der Waals surface area contributed by atoms with Crippen molar-refractivity contribution in [3.8, 4) is 0 Å². The normalized spacial score (nSPS) is 20.5. The van der Waals surface area contributed by atoms with Crippen molar-refractivity contribution in [1.29, 1.82) is 0 Å². The first-order chi connectivity index (χ1) is 10.3. The van der Waals surface area contributed by atoms with Gasteiger partial charge in [0, 0.05) is 25.7 Å². The Hall–Kier alpha value is -0.810. The van der Waals surface area contributed by atoms with Crippen LogP contribution < -0.4 is 5.32 Å². The predicted molar refractivity (Wildman–Crippen MR) is 91.2 cm³/mol. The molecule has 1 aliphatic rings. The van der Waals surface area contributed by atoms with E-state index < -0.39 is 5.60 Å². The van der Waals surface area contributed by atoms with Gasteiger partial charge in [-0.15, -0.1) is 0 Å². The zero-order valence-corrected chi connectivity index (χ0v) is 15.2. The Balaban J connectivity index is 2.35. The fourth-order valence-electron chi connectivity index (χ4n) is 2.74. The molecule has 1 saturated heterocycles. The summed E-state index contributed by atoms with van der Waals surface area (Å²) in [7, 11) is 2.19. The largest absolute Gasteiger partial charge is 0.444 e. The fraction of sp³-hybridized carbons (Fsp3) is 0.941. The molecule has 1 atom stereocenters. The van der Waals surface area contributed by atoms with E-state index in [0.29, 0.717) is 6.04 Å². The quantitative estimate of drug-likeness (QED) is 0.819.